The number of unbranched alkanes of at least 4 members (excludes halogenated alkanes) is 13. The Morgan fingerprint density at radius 2 is 0.963 bits per heavy atom. The van der Waals surface area contributed by atoms with Crippen LogP contribution in [0.15, 0.2) is 30.3 Å². The number of halogens is 1. The van der Waals surface area contributed by atoms with Crippen molar-refractivity contribution in [2.75, 3.05) is 20.0 Å². The minimum atomic E-state index is 0.845. The van der Waals surface area contributed by atoms with Gasteiger partial charge in [0.05, 0.1) is 0 Å². The number of nitrogens with one attached hydrogen (secondary N) is 1. The molecule has 0 saturated heterocycles. The van der Waals surface area contributed by atoms with Crippen molar-refractivity contribution in [3.05, 3.63) is 35.9 Å². The van der Waals surface area contributed by atoms with Gasteiger partial charge >= 0.3 is 0 Å². The zero-order chi connectivity index (χ0) is 20.4. The van der Waals surface area contributed by atoms with Gasteiger partial charge in [-0.3, -0.25) is 0 Å². The lowest BCUT2D eigenvalue weighted by molar-refractivity contribution is 0.538. The van der Waals surface area contributed by atoms with Crippen molar-refractivity contribution < 1.29 is 0 Å². The summed E-state index contributed by atoms with van der Waals surface area (Å²) in [6, 6.07) is 10.3. The molecular weight excluding hydrogens is 350 g/mol. The second-order valence-corrected chi connectivity index (χ2v) is 7.82. The van der Waals surface area contributed by atoms with E-state index in [4.69, 9.17) is 11.6 Å². The highest BCUT2D eigenvalue weighted by atomic mass is 35.5. The highest BCUT2D eigenvalue weighted by molar-refractivity contribution is 6.17. The summed E-state index contributed by atoms with van der Waals surface area (Å²) in [7, 11) is 3.75. The number of aryl methyl sites for hydroxylation is 1. The first-order valence-electron chi connectivity index (χ1n) is 11.4. The van der Waals surface area contributed by atoms with Crippen molar-refractivity contribution in [2.24, 2.45) is 0 Å². The molecule has 1 aromatic carbocycles. The zero-order valence-electron chi connectivity index (χ0n) is 18.9. The van der Waals surface area contributed by atoms with E-state index >= 15 is 0 Å². The third kappa shape index (κ3) is 30.4. The summed E-state index contributed by atoms with van der Waals surface area (Å²) in [6.45, 7) is 4.37. The van der Waals surface area contributed by atoms with Crippen LogP contribution >= 0.6 is 11.6 Å². The first kappa shape index (κ1) is 28.7. The van der Waals surface area contributed by atoms with Gasteiger partial charge in [-0.1, -0.05) is 126 Å². The van der Waals surface area contributed by atoms with Gasteiger partial charge in [0.2, 0.25) is 0 Å². The summed E-state index contributed by atoms with van der Waals surface area (Å²) in [5, 5.41) is 2.75. The smallest absolute Gasteiger partial charge is 0.0223 e. The van der Waals surface area contributed by atoms with Crippen LogP contribution in [-0.2, 0) is 0 Å². The molecule has 0 bridgehead atoms. The maximum Gasteiger partial charge on any atom is 0.0223 e. The molecule has 0 saturated carbocycles. The fourth-order valence-corrected chi connectivity index (χ4v) is 3.01. The van der Waals surface area contributed by atoms with Gasteiger partial charge in [-0.2, -0.15) is 0 Å². The van der Waals surface area contributed by atoms with E-state index < -0.39 is 0 Å². The average Bonchev–Trinajstić information content (AvgIpc) is 2.67. The Morgan fingerprint density at radius 3 is 1.22 bits per heavy atom. The minimum absolute atomic E-state index is 0.845. The van der Waals surface area contributed by atoms with Gasteiger partial charge in [-0.05, 0) is 27.4 Å². The third-order valence-corrected chi connectivity index (χ3v) is 4.69. The number of alkyl halides is 1. The van der Waals surface area contributed by atoms with Gasteiger partial charge in [-0.15, -0.1) is 11.6 Å². The van der Waals surface area contributed by atoms with E-state index in [1.165, 1.54) is 95.5 Å². The van der Waals surface area contributed by atoms with Crippen molar-refractivity contribution in [1.29, 1.82) is 0 Å². The van der Waals surface area contributed by atoms with Gasteiger partial charge in [0.25, 0.3) is 0 Å². The fourth-order valence-electron chi connectivity index (χ4n) is 2.82. The maximum absolute atomic E-state index is 5.64. The average molecular weight is 398 g/mol. The van der Waals surface area contributed by atoms with Crippen LogP contribution in [0.1, 0.15) is 102 Å². The van der Waals surface area contributed by atoms with E-state index in [0.717, 1.165) is 5.88 Å². The summed E-state index contributed by atoms with van der Waals surface area (Å²) in [4.78, 5) is 0. The molecule has 0 spiro atoms. The van der Waals surface area contributed by atoms with Crippen LogP contribution < -0.4 is 5.32 Å². The number of rotatable bonds is 14. The largest absolute Gasteiger partial charge is 0.323 e. The molecular formula is C25H48ClN. The zero-order valence-corrected chi connectivity index (χ0v) is 19.6. The Balaban J connectivity index is 0. The summed E-state index contributed by atoms with van der Waals surface area (Å²) < 4.78 is 0. The molecule has 0 atom stereocenters. The van der Waals surface area contributed by atoms with Crippen LogP contribution in [0.4, 0.5) is 0 Å². The van der Waals surface area contributed by atoms with Gasteiger partial charge in [0.1, 0.15) is 0 Å². The predicted octanol–water partition coefficient (Wildman–Crippen LogP) is 8.54. The summed E-state index contributed by atoms with van der Waals surface area (Å²) in [5.41, 5.74) is 1.32. The molecule has 2 heteroatoms. The number of benzene rings is 1. The second kappa shape index (κ2) is 27.7. The Hall–Kier alpha value is -0.530. The molecule has 0 radical (unpaired) electrons. The summed E-state index contributed by atoms with van der Waals surface area (Å²) in [5.74, 6) is 0.845. The van der Waals surface area contributed by atoms with E-state index in [2.05, 4.69) is 31.3 Å². The summed E-state index contributed by atoms with van der Waals surface area (Å²) >= 11 is 5.64. The van der Waals surface area contributed by atoms with Crippen LogP contribution in [0.25, 0.3) is 0 Å². The lowest BCUT2D eigenvalue weighted by Gasteiger charge is -2.02. The van der Waals surface area contributed by atoms with E-state index in [0.29, 0.717) is 0 Å². The van der Waals surface area contributed by atoms with Crippen LogP contribution in [0.3, 0.4) is 0 Å². The molecule has 0 unspecified atom stereocenters. The van der Waals surface area contributed by atoms with Crippen molar-refractivity contribution in [3.63, 3.8) is 0 Å². The molecule has 0 aliphatic carbocycles. The molecule has 160 valence electrons. The van der Waals surface area contributed by atoms with Crippen molar-refractivity contribution >= 4 is 11.6 Å². The van der Waals surface area contributed by atoms with Crippen LogP contribution in [-0.4, -0.2) is 20.0 Å². The van der Waals surface area contributed by atoms with Crippen LogP contribution in [0, 0.1) is 6.92 Å². The highest BCUT2D eigenvalue weighted by Gasteiger charge is 1.93. The molecule has 0 amide bonds. The SMILES string of the molecule is CCCCCCCCCCCCCCCCCl.CNC.Cc1ccccc1. The molecule has 0 aliphatic rings. The van der Waals surface area contributed by atoms with Gasteiger partial charge in [-0.25, -0.2) is 0 Å². The van der Waals surface area contributed by atoms with Crippen molar-refractivity contribution in [2.45, 2.75) is 104 Å². The first-order valence-corrected chi connectivity index (χ1v) is 11.9. The maximum atomic E-state index is 5.64. The highest BCUT2D eigenvalue weighted by Crippen LogP contribution is 2.12. The number of hydrogen-bond acceptors (Lipinski definition) is 1. The van der Waals surface area contributed by atoms with Gasteiger partial charge in [0.15, 0.2) is 0 Å². The topological polar surface area (TPSA) is 12.0 Å². The monoisotopic (exact) mass is 397 g/mol. The molecule has 0 aliphatic heterocycles. The van der Waals surface area contributed by atoms with Crippen molar-refractivity contribution in [3.8, 4) is 0 Å². The van der Waals surface area contributed by atoms with Crippen LogP contribution in [0.2, 0.25) is 0 Å². The normalized spacial score (nSPS) is 9.81. The Morgan fingerprint density at radius 1 is 0.630 bits per heavy atom. The Bertz CT molecular complexity index is 325. The molecule has 1 nitrogen and oxygen atoms in total. The Kier molecular flexibility index (Phi) is 29.4. The quantitative estimate of drug-likeness (QED) is 0.245. The lowest BCUT2D eigenvalue weighted by Crippen LogP contribution is -1.89. The van der Waals surface area contributed by atoms with E-state index in [-0.39, 0.29) is 0 Å². The molecule has 1 N–H and O–H groups in total. The molecule has 27 heavy (non-hydrogen) atoms. The molecule has 1 rings (SSSR count). The third-order valence-electron chi connectivity index (χ3n) is 4.43. The standard InChI is InChI=1S/C16H33Cl.C7H8.C2H7N/c1-2-3-4-5-6-7-8-9-10-11-12-13-14-15-16-17;1-7-5-3-2-4-6-7;1-3-2/h2-16H2,1H3;2-6H,1H3;3H,1-2H3. The molecule has 1 aromatic rings. The summed E-state index contributed by atoms with van der Waals surface area (Å²) in [6.07, 6.45) is 19.8. The molecule has 0 aromatic heterocycles. The van der Waals surface area contributed by atoms with Gasteiger partial charge < -0.3 is 5.32 Å². The van der Waals surface area contributed by atoms with Crippen molar-refractivity contribution in [1.82, 2.24) is 5.32 Å². The number of hydrogen-bond donors (Lipinski definition) is 1. The molecule has 0 fully saturated rings. The predicted molar refractivity (Wildman–Crippen MR) is 127 cm³/mol. The Labute approximate surface area is 176 Å². The minimum Gasteiger partial charge on any atom is -0.323 e. The first-order chi connectivity index (χ1) is 13.2. The van der Waals surface area contributed by atoms with E-state index in [9.17, 15) is 0 Å². The molecule has 0 heterocycles. The van der Waals surface area contributed by atoms with E-state index in [1.54, 1.807) is 0 Å². The lowest BCUT2D eigenvalue weighted by atomic mass is 10.0. The van der Waals surface area contributed by atoms with E-state index in [1.807, 2.05) is 32.3 Å². The van der Waals surface area contributed by atoms with Crippen LogP contribution in [0.5, 0.6) is 0 Å². The van der Waals surface area contributed by atoms with Gasteiger partial charge in [0, 0.05) is 5.88 Å². The fraction of sp³-hybridized carbons (Fsp3) is 0.760. The second-order valence-electron chi connectivity index (χ2n) is 7.44.